The summed E-state index contributed by atoms with van der Waals surface area (Å²) in [6.45, 7) is 0. The van der Waals surface area contributed by atoms with Crippen LogP contribution in [0.4, 0.5) is 11.4 Å². The van der Waals surface area contributed by atoms with Crippen LogP contribution in [0.15, 0.2) is 30.3 Å². The first-order valence-corrected chi connectivity index (χ1v) is 7.60. The first kappa shape index (κ1) is 13.8. The van der Waals surface area contributed by atoms with Crippen LogP contribution in [0.25, 0.3) is 20.8 Å². The highest BCUT2D eigenvalue weighted by atomic mass is 32.1. The molecule has 0 aromatic heterocycles. The minimum atomic E-state index is 0.798. The Morgan fingerprint density at radius 2 is 1.90 bits per heavy atom. The predicted molar refractivity (Wildman–Crippen MR) is 92.1 cm³/mol. The Hall–Kier alpha value is -2.14. The molecule has 0 saturated carbocycles. The lowest BCUT2D eigenvalue weighted by Gasteiger charge is -2.14. The minimum absolute atomic E-state index is 0.798. The Balaban J connectivity index is 2.38. The number of benzene rings is 2. The number of hydrogen-bond donors (Lipinski definition) is 1. The van der Waals surface area contributed by atoms with Crippen LogP contribution in [0.3, 0.4) is 0 Å². The maximum atomic E-state index is 6.33. The van der Waals surface area contributed by atoms with Gasteiger partial charge in [0.25, 0.3) is 0 Å². The molecule has 0 fully saturated rings. The maximum absolute atomic E-state index is 6.33. The summed E-state index contributed by atoms with van der Waals surface area (Å²) in [5, 5.41) is 1.03. The second-order valence-electron chi connectivity index (χ2n) is 5.50. The van der Waals surface area contributed by atoms with Gasteiger partial charge in [0.1, 0.15) is 19.8 Å². The molecular formula is C16H19N4S+. The molecular weight excluding hydrogens is 280 g/mol. The van der Waals surface area contributed by atoms with Crippen molar-refractivity contribution < 1.29 is 0 Å². The summed E-state index contributed by atoms with van der Waals surface area (Å²) >= 11 is 1.70. The molecule has 0 spiro atoms. The van der Waals surface area contributed by atoms with Crippen LogP contribution < -0.4 is 20.6 Å². The quantitative estimate of drug-likeness (QED) is 0.425. The van der Waals surface area contributed by atoms with E-state index >= 15 is 0 Å². The fourth-order valence-electron chi connectivity index (χ4n) is 2.36. The molecule has 0 amide bonds. The molecule has 4 nitrogen and oxygen atoms in total. The van der Waals surface area contributed by atoms with E-state index in [0.717, 1.165) is 31.8 Å². The van der Waals surface area contributed by atoms with E-state index in [2.05, 4.69) is 23.1 Å². The average molecular weight is 299 g/mol. The third-order valence-electron chi connectivity index (χ3n) is 3.55. The molecule has 0 unspecified atom stereocenters. The van der Waals surface area contributed by atoms with Crippen LogP contribution in [-0.4, -0.2) is 33.2 Å². The van der Waals surface area contributed by atoms with Crippen molar-refractivity contribution in [3.8, 4) is 10.6 Å². The van der Waals surface area contributed by atoms with Crippen molar-refractivity contribution in [1.82, 2.24) is 9.56 Å². The van der Waals surface area contributed by atoms with E-state index in [9.17, 15) is 0 Å². The van der Waals surface area contributed by atoms with Crippen molar-refractivity contribution >= 4 is 32.9 Å². The molecule has 1 aliphatic carbocycles. The number of nitrogen functional groups attached to an aromatic ring is 1. The average Bonchev–Trinajstić information content (AvgIpc) is 2.45. The number of nitrogens with zero attached hydrogens (tertiary/aromatic N) is 3. The summed E-state index contributed by atoms with van der Waals surface area (Å²) in [7, 11) is 8.08. The molecule has 0 radical (unpaired) electrons. The van der Waals surface area contributed by atoms with Gasteiger partial charge in [0.2, 0.25) is 5.36 Å². The molecule has 1 heterocycles. The van der Waals surface area contributed by atoms with Gasteiger partial charge in [0, 0.05) is 25.8 Å². The molecule has 108 valence electrons. The largest absolute Gasteiger partial charge is 0.392 e. The van der Waals surface area contributed by atoms with Crippen molar-refractivity contribution in [2.45, 2.75) is 0 Å². The zero-order valence-electron chi connectivity index (χ0n) is 12.7. The Bertz CT molecular complexity index is 860. The van der Waals surface area contributed by atoms with Crippen LogP contribution in [0.1, 0.15) is 0 Å². The summed E-state index contributed by atoms with van der Waals surface area (Å²) in [4.78, 5) is 7.87. The molecule has 1 aliphatic heterocycles. The van der Waals surface area contributed by atoms with Crippen LogP contribution >= 0.6 is 11.3 Å². The van der Waals surface area contributed by atoms with Crippen molar-refractivity contribution in [2.75, 3.05) is 38.8 Å². The van der Waals surface area contributed by atoms with Gasteiger partial charge < -0.3 is 10.6 Å². The molecule has 0 atom stereocenters. The van der Waals surface area contributed by atoms with E-state index in [1.807, 2.05) is 44.9 Å². The molecule has 2 aliphatic rings. The summed E-state index contributed by atoms with van der Waals surface area (Å²) in [6.07, 6.45) is 0. The smallest absolute Gasteiger partial charge is 0.224 e. The number of nitrogens with two attached hydrogens (primary N) is 1. The van der Waals surface area contributed by atoms with E-state index in [-0.39, 0.29) is 0 Å². The normalized spacial score (nSPS) is 11.0. The first-order chi connectivity index (χ1) is 9.97. The number of hydrogen-bond acceptors (Lipinski definition) is 4. The molecule has 5 heteroatoms. The van der Waals surface area contributed by atoms with Crippen LogP contribution in [0, 0.1) is 0 Å². The van der Waals surface area contributed by atoms with Gasteiger partial charge in [0.05, 0.1) is 20.8 Å². The van der Waals surface area contributed by atoms with Crippen molar-refractivity contribution in [3.63, 3.8) is 0 Å². The van der Waals surface area contributed by atoms with E-state index in [4.69, 9.17) is 10.7 Å². The minimum Gasteiger partial charge on any atom is -0.392 e. The van der Waals surface area contributed by atoms with Crippen molar-refractivity contribution in [1.29, 1.82) is 0 Å². The molecule has 1 aromatic rings. The predicted octanol–water partition coefficient (Wildman–Crippen LogP) is 2.08. The van der Waals surface area contributed by atoms with E-state index < -0.39 is 0 Å². The molecule has 1 aromatic carbocycles. The van der Waals surface area contributed by atoms with Gasteiger partial charge in [0.15, 0.2) is 0 Å². The third kappa shape index (κ3) is 2.34. The van der Waals surface area contributed by atoms with E-state index in [0.29, 0.717) is 0 Å². The highest BCUT2D eigenvalue weighted by Crippen LogP contribution is 2.34. The van der Waals surface area contributed by atoms with Gasteiger partial charge >= 0.3 is 0 Å². The summed E-state index contributed by atoms with van der Waals surface area (Å²) in [6, 6.07) is 10.4. The second-order valence-corrected chi connectivity index (χ2v) is 6.55. The highest BCUT2D eigenvalue weighted by molar-refractivity contribution is 7.22. The maximum Gasteiger partial charge on any atom is 0.224 e. The third-order valence-corrected chi connectivity index (χ3v) is 4.73. The molecule has 0 saturated heterocycles. The van der Waals surface area contributed by atoms with Crippen LogP contribution in [0.5, 0.6) is 0 Å². The fraction of sp³-hybridized carbons (Fsp3) is 0.250. The van der Waals surface area contributed by atoms with Crippen LogP contribution in [0.2, 0.25) is 0 Å². The van der Waals surface area contributed by atoms with Gasteiger partial charge in [-0.3, -0.25) is 0 Å². The summed E-state index contributed by atoms with van der Waals surface area (Å²) in [5.74, 6) is 0. The zero-order chi connectivity index (χ0) is 15.1. The molecule has 0 bridgehead atoms. The van der Waals surface area contributed by atoms with Crippen molar-refractivity contribution in [3.05, 3.63) is 35.7 Å². The SMILES string of the molecule is CN(C)c1ccc2nc3ccc(=[N+](C)C)c(N)c-3sc2c1. The lowest BCUT2D eigenvalue weighted by Crippen LogP contribution is -2.25. The number of rotatable bonds is 1. The lowest BCUT2D eigenvalue weighted by atomic mass is 10.2. The number of aromatic nitrogens is 1. The lowest BCUT2D eigenvalue weighted by molar-refractivity contribution is 0.816. The second kappa shape index (κ2) is 5.00. The number of fused-ring (bicyclic) bond motifs is 2. The Morgan fingerprint density at radius 3 is 2.57 bits per heavy atom. The summed E-state index contributed by atoms with van der Waals surface area (Å²) in [5.41, 5.74) is 10.3. The summed E-state index contributed by atoms with van der Waals surface area (Å²) < 4.78 is 3.18. The Labute approximate surface area is 128 Å². The Morgan fingerprint density at radius 1 is 1.14 bits per heavy atom. The van der Waals surface area contributed by atoms with Gasteiger partial charge in [-0.1, -0.05) is 0 Å². The van der Waals surface area contributed by atoms with Gasteiger partial charge in [-0.15, -0.1) is 11.3 Å². The van der Waals surface area contributed by atoms with Gasteiger partial charge in [-0.2, -0.15) is 0 Å². The monoisotopic (exact) mass is 299 g/mol. The highest BCUT2D eigenvalue weighted by Gasteiger charge is 2.14. The van der Waals surface area contributed by atoms with E-state index in [1.54, 1.807) is 11.3 Å². The van der Waals surface area contributed by atoms with Gasteiger partial charge in [-0.25, -0.2) is 9.56 Å². The molecule has 3 rings (SSSR count). The molecule has 21 heavy (non-hydrogen) atoms. The van der Waals surface area contributed by atoms with Crippen molar-refractivity contribution in [2.24, 2.45) is 0 Å². The number of anilines is 2. The Kier molecular flexibility index (Phi) is 3.29. The molecule has 2 N–H and O–H groups in total. The fourth-order valence-corrected chi connectivity index (χ4v) is 3.41. The standard InChI is InChI=1S/C16H19N4S/c1-19(2)10-5-6-11-14(9-10)21-16-12(18-11)7-8-13(15(16)17)20(3)4/h5-9H,17H2,1-4H3/q+1. The van der Waals surface area contributed by atoms with Gasteiger partial charge in [-0.05, 0) is 24.3 Å². The zero-order valence-corrected chi connectivity index (χ0v) is 13.5. The van der Waals surface area contributed by atoms with E-state index in [1.165, 1.54) is 5.69 Å². The topological polar surface area (TPSA) is 45.2 Å². The van der Waals surface area contributed by atoms with Crippen LogP contribution in [-0.2, 0) is 0 Å². The first-order valence-electron chi connectivity index (χ1n) is 6.78.